The van der Waals surface area contributed by atoms with E-state index in [0.717, 1.165) is 11.9 Å². The van der Waals surface area contributed by atoms with Gasteiger partial charge in [-0.15, -0.1) is 0 Å². The summed E-state index contributed by atoms with van der Waals surface area (Å²) in [6, 6.07) is 7.12. The number of urea groups is 1. The van der Waals surface area contributed by atoms with Gasteiger partial charge >= 0.3 is 12.6 Å². The van der Waals surface area contributed by atoms with E-state index in [9.17, 15) is 18.0 Å². The smallest absolute Gasteiger partial charge is 0.331 e. The van der Waals surface area contributed by atoms with Crippen LogP contribution < -0.4 is 10.2 Å². The number of anilines is 1. The average molecular weight is 425 g/mol. The fraction of sp³-hybridized carbons (Fsp3) is 0.227. The summed E-state index contributed by atoms with van der Waals surface area (Å²) >= 11 is 0. The summed E-state index contributed by atoms with van der Waals surface area (Å²) in [6.07, 6.45) is 4.60. The minimum absolute atomic E-state index is 0.319. The van der Waals surface area contributed by atoms with Gasteiger partial charge in [-0.2, -0.15) is 13.9 Å². The largest absolute Gasteiger partial charge is 0.333 e. The molecule has 1 aromatic carbocycles. The number of nitrogens with one attached hydrogen (secondary N) is 1. The van der Waals surface area contributed by atoms with Crippen molar-refractivity contribution in [2.24, 2.45) is 0 Å². The zero-order valence-electron chi connectivity index (χ0n) is 16.5. The number of hydrogen-bond donors (Lipinski definition) is 1. The molecule has 3 heterocycles. The van der Waals surface area contributed by atoms with E-state index in [4.69, 9.17) is 0 Å². The van der Waals surface area contributed by atoms with Crippen LogP contribution in [0.3, 0.4) is 0 Å². The molecule has 0 aliphatic carbocycles. The van der Waals surface area contributed by atoms with Crippen molar-refractivity contribution in [2.45, 2.75) is 25.9 Å². The molecule has 0 unspecified atom stereocenters. The van der Waals surface area contributed by atoms with Crippen LogP contribution >= 0.6 is 0 Å². The number of carbonyl (C=O) groups is 1. The summed E-state index contributed by atoms with van der Waals surface area (Å²) in [7, 11) is 0. The second-order valence-electron chi connectivity index (χ2n) is 7.05. The first-order valence-electron chi connectivity index (χ1n) is 9.57. The lowest BCUT2D eigenvalue weighted by Crippen LogP contribution is -2.40. The Bertz CT molecular complexity index is 1180. The van der Waals surface area contributed by atoms with Gasteiger partial charge in [0, 0.05) is 30.9 Å². The van der Waals surface area contributed by atoms with E-state index in [1.54, 1.807) is 36.2 Å². The van der Waals surface area contributed by atoms with Crippen LogP contribution in [0.2, 0.25) is 0 Å². The fourth-order valence-electron chi connectivity index (χ4n) is 3.30. The van der Waals surface area contributed by atoms with Gasteiger partial charge in [0.05, 0.1) is 29.2 Å². The molecule has 6 nitrogen and oxygen atoms in total. The van der Waals surface area contributed by atoms with Crippen molar-refractivity contribution in [3.8, 4) is 11.8 Å². The Labute approximate surface area is 176 Å². The summed E-state index contributed by atoms with van der Waals surface area (Å²) in [5.74, 6) is 5.27. The molecular formula is C22H18F3N5O. The molecule has 158 valence electrons. The highest BCUT2D eigenvalue weighted by atomic mass is 19.3. The molecule has 0 radical (unpaired) electrons. The summed E-state index contributed by atoms with van der Waals surface area (Å²) in [4.78, 5) is 18.7. The zero-order chi connectivity index (χ0) is 22.0. The highest BCUT2D eigenvalue weighted by Gasteiger charge is 2.27. The van der Waals surface area contributed by atoms with Crippen molar-refractivity contribution in [3.05, 3.63) is 77.1 Å². The number of pyridine rings is 1. The minimum atomic E-state index is -2.72. The van der Waals surface area contributed by atoms with Crippen molar-refractivity contribution < 1.29 is 18.0 Å². The van der Waals surface area contributed by atoms with Gasteiger partial charge < -0.3 is 5.32 Å². The topological polar surface area (TPSA) is 63.1 Å². The normalized spacial score (nSPS) is 13.5. The van der Waals surface area contributed by atoms with Gasteiger partial charge in [-0.1, -0.05) is 24.0 Å². The maximum atomic E-state index is 13.5. The predicted molar refractivity (Wildman–Crippen MR) is 108 cm³/mol. The maximum Gasteiger partial charge on any atom is 0.333 e. The van der Waals surface area contributed by atoms with Crippen molar-refractivity contribution in [2.75, 3.05) is 11.4 Å². The van der Waals surface area contributed by atoms with Crippen LogP contribution in [0.15, 0.2) is 48.9 Å². The second kappa shape index (κ2) is 8.52. The van der Waals surface area contributed by atoms with Crippen molar-refractivity contribution >= 4 is 11.7 Å². The van der Waals surface area contributed by atoms with Crippen LogP contribution in [0.25, 0.3) is 0 Å². The molecule has 31 heavy (non-hydrogen) atoms. The van der Waals surface area contributed by atoms with Crippen LogP contribution in [0, 0.1) is 17.7 Å². The van der Waals surface area contributed by atoms with E-state index in [-0.39, 0.29) is 17.9 Å². The molecule has 1 atom stereocenters. The molecule has 1 aliphatic rings. The SMILES string of the molecule is C[C@H](NC(=O)N1CCc2ncc(C#Cc3cnn(C(F)F)c3)cc21)c1cccc(F)c1. The molecule has 9 heteroatoms. The minimum Gasteiger partial charge on any atom is -0.331 e. The van der Waals surface area contributed by atoms with Crippen LogP contribution in [-0.2, 0) is 6.42 Å². The lowest BCUT2D eigenvalue weighted by atomic mass is 10.1. The number of nitrogens with zero attached hydrogens (tertiary/aromatic N) is 4. The number of halogens is 3. The lowest BCUT2D eigenvalue weighted by Gasteiger charge is -2.21. The number of fused-ring (bicyclic) bond motifs is 1. The second-order valence-corrected chi connectivity index (χ2v) is 7.05. The van der Waals surface area contributed by atoms with Gasteiger partial charge in [-0.05, 0) is 30.7 Å². The number of benzene rings is 1. The Kier molecular flexibility index (Phi) is 5.62. The van der Waals surface area contributed by atoms with Crippen molar-refractivity contribution in [1.29, 1.82) is 0 Å². The van der Waals surface area contributed by atoms with Crippen LogP contribution in [0.1, 0.15) is 41.9 Å². The van der Waals surface area contributed by atoms with E-state index in [1.165, 1.54) is 18.3 Å². The Morgan fingerprint density at radius 2 is 2.00 bits per heavy atom. The first-order chi connectivity index (χ1) is 14.9. The van der Waals surface area contributed by atoms with Gasteiger partial charge in [-0.3, -0.25) is 9.88 Å². The molecule has 0 saturated carbocycles. The number of alkyl halides is 2. The third kappa shape index (κ3) is 4.53. The van der Waals surface area contributed by atoms with Crippen LogP contribution in [0.4, 0.5) is 23.7 Å². The molecule has 0 saturated heterocycles. The highest BCUT2D eigenvalue weighted by Crippen LogP contribution is 2.27. The van der Waals surface area contributed by atoms with Gasteiger partial charge in [-0.25, -0.2) is 13.9 Å². The summed E-state index contributed by atoms with van der Waals surface area (Å²) < 4.78 is 39.2. The van der Waals surface area contributed by atoms with Crippen LogP contribution in [0.5, 0.6) is 0 Å². The number of aromatic nitrogens is 3. The monoisotopic (exact) mass is 425 g/mol. The zero-order valence-corrected chi connectivity index (χ0v) is 16.5. The Hall–Kier alpha value is -3.80. The van der Waals surface area contributed by atoms with E-state index in [0.29, 0.717) is 40.0 Å². The van der Waals surface area contributed by atoms with Crippen molar-refractivity contribution in [1.82, 2.24) is 20.1 Å². The molecular weight excluding hydrogens is 407 g/mol. The quantitative estimate of drug-likeness (QED) is 0.644. The number of carbonyl (C=O) groups excluding carboxylic acids is 1. The maximum absolute atomic E-state index is 13.5. The predicted octanol–water partition coefficient (Wildman–Crippen LogP) is 4.05. The number of amides is 2. The Morgan fingerprint density at radius 1 is 1.19 bits per heavy atom. The summed E-state index contributed by atoms with van der Waals surface area (Å²) in [5, 5.41) is 6.41. The van der Waals surface area contributed by atoms with E-state index in [2.05, 4.69) is 27.2 Å². The molecule has 0 fully saturated rings. The molecule has 2 amide bonds. The molecule has 1 aliphatic heterocycles. The van der Waals surface area contributed by atoms with E-state index >= 15 is 0 Å². The van der Waals surface area contributed by atoms with Crippen molar-refractivity contribution in [3.63, 3.8) is 0 Å². The molecule has 3 aromatic rings. The molecule has 4 rings (SSSR count). The van der Waals surface area contributed by atoms with Gasteiger partial charge in [0.15, 0.2) is 0 Å². The molecule has 1 N–H and O–H groups in total. The van der Waals surface area contributed by atoms with Gasteiger partial charge in [0.1, 0.15) is 5.82 Å². The van der Waals surface area contributed by atoms with Gasteiger partial charge in [0.25, 0.3) is 0 Å². The Balaban J connectivity index is 1.50. The number of rotatable bonds is 3. The highest BCUT2D eigenvalue weighted by molar-refractivity contribution is 5.94. The van der Waals surface area contributed by atoms with Crippen LogP contribution in [-0.4, -0.2) is 27.3 Å². The van der Waals surface area contributed by atoms with Gasteiger partial charge in [0.2, 0.25) is 0 Å². The molecule has 2 aromatic heterocycles. The number of hydrogen-bond acceptors (Lipinski definition) is 3. The fourth-order valence-corrected chi connectivity index (χ4v) is 3.30. The third-order valence-corrected chi connectivity index (χ3v) is 4.90. The van der Waals surface area contributed by atoms with E-state index in [1.807, 2.05) is 0 Å². The first kappa shape index (κ1) is 20.5. The third-order valence-electron chi connectivity index (χ3n) is 4.90. The first-order valence-corrected chi connectivity index (χ1v) is 9.57. The molecule has 0 bridgehead atoms. The summed E-state index contributed by atoms with van der Waals surface area (Å²) in [5.41, 5.74) is 2.96. The summed E-state index contributed by atoms with van der Waals surface area (Å²) in [6.45, 7) is -0.482. The standard InChI is InChI=1S/C22H18F3N5O/c1-14(17-3-2-4-18(23)10-17)28-22(31)29-8-7-19-20(29)9-15(11-26-19)5-6-16-12-27-30(13-16)21(24)25/h2-4,9-14,21H,7-8H2,1H3,(H,28,31)/t14-/m0/s1. The average Bonchev–Trinajstić information content (AvgIpc) is 3.39. The lowest BCUT2D eigenvalue weighted by molar-refractivity contribution is 0.0566. The molecule has 0 spiro atoms. The Morgan fingerprint density at radius 3 is 2.74 bits per heavy atom. The van der Waals surface area contributed by atoms with E-state index < -0.39 is 6.55 Å².